The molecule has 0 saturated carbocycles. The monoisotopic (exact) mass is 220 g/mol. The summed E-state index contributed by atoms with van der Waals surface area (Å²) < 4.78 is 23.4. The molecule has 0 radical (unpaired) electrons. The maximum atomic E-state index is 10.2. The summed E-state index contributed by atoms with van der Waals surface area (Å²) in [7, 11) is -7.03. The van der Waals surface area contributed by atoms with Gasteiger partial charge in [-0.05, 0) is 6.92 Å². The van der Waals surface area contributed by atoms with Crippen molar-refractivity contribution in [3.05, 3.63) is 0 Å². The van der Waals surface area contributed by atoms with Gasteiger partial charge in [-0.3, -0.25) is 9.13 Å². The summed E-state index contributed by atoms with van der Waals surface area (Å²) in [4.78, 5) is 30.9. The second kappa shape index (κ2) is 4.48. The average molecular weight is 220 g/mol. The third kappa shape index (κ3) is 5.85. The number of hydrogen-bond donors (Lipinski definition) is 4. The molecule has 0 amide bonds. The van der Waals surface area contributed by atoms with Crippen molar-refractivity contribution < 1.29 is 33.4 Å². The van der Waals surface area contributed by atoms with Gasteiger partial charge in [-0.15, -0.1) is 0 Å². The molecule has 9 heteroatoms. The van der Waals surface area contributed by atoms with Gasteiger partial charge in [0, 0.05) is 0 Å². The summed E-state index contributed by atoms with van der Waals surface area (Å²) in [6, 6.07) is 0. The van der Waals surface area contributed by atoms with Crippen LogP contribution in [0, 0.1) is 0 Å². The summed E-state index contributed by atoms with van der Waals surface area (Å²) in [5.41, 5.74) is 0. The van der Waals surface area contributed by atoms with E-state index in [0.29, 0.717) is 0 Å². The summed E-state index contributed by atoms with van der Waals surface area (Å²) >= 11 is 0. The van der Waals surface area contributed by atoms with Gasteiger partial charge in [-0.1, -0.05) is 0 Å². The molecular formula is C3H10O7P2. The van der Waals surface area contributed by atoms with Gasteiger partial charge in [0.05, 0.1) is 6.10 Å². The van der Waals surface area contributed by atoms with Crippen LogP contribution in [0.2, 0.25) is 0 Å². The van der Waals surface area contributed by atoms with Gasteiger partial charge in [0.25, 0.3) is 0 Å². The topological polar surface area (TPSA) is 128 Å². The fourth-order valence-electron chi connectivity index (χ4n) is 0.527. The summed E-state index contributed by atoms with van der Waals surface area (Å²) in [5.74, 6) is -0.817. The molecular weight excluding hydrogens is 210 g/mol. The molecule has 0 aliphatic carbocycles. The van der Waals surface area contributed by atoms with Crippen LogP contribution in [0.25, 0.3) is 0 Å². The molecule has 1 saturated heterocycles. The van der Waals surface area contributed by atoms with Gasteiger partial charge in [-0.2, -0.15) is 0 Å². The zero-order valence-corrected chi connectivity index (χ0v) is 8.01. The summed E-state index contributed by atoms with van der Waals surface area (Å²) in [5, 5.41) is 0. The highest BCUT2D eigenvalue weighted by Gasteiger charge is 2.48. The van der Waals surface area contributed by atoms with E-state index in [0.717, 1.165) is 0 Å². The molecule has 1 rings (SSSR count). The van der Waals surface area contributed by atoms with E-state index in [-0.39, 0.29) is 6.10 Å². The Kier molecular flexibility index (Phi) is 4.58. The first-order chi connectivity index (χ1) is 5.25. The van der Waals surface area contributed by atoms with Crippen LogP contribution in [0.5, 0.6) is 0 Å². The Labute approximate surface area is 69.1 Å². The smallest absolute Gasteiger partial charge is 0.356 e. The molecule has 2 atom stereocenters. The van der Waals surface area contributed by atoms with Crippen molar-refractivity contribution in [2.24, 2.45) is 0 Å². The van der Waals surface area contributed by atoms with Gasteiger partial charge in [0.15, 0.2) is 5.85 Å². The van der Waals surface area contributed by atoms with Crippen LogP contribution < -0.4 is 0 Å². The van der Waals surface area contributed by atoms with Crippen LogP contribution in [-0.2, 0) is 13.9 Å². The first-order valence-electron chi connectivity index (χ1n) is 2.87. The highest BCUT2D eigenvalue weighted by atomic mass is 31.2. The van der Waals surface area contributed by atoms with Crippen molar-refractivity contribution in [3.63, 3.8) is 0 Å². The molecule has 0 aromatic heterocycles. The lowest BCUT2D eigenvalue weighted by Crippen LogP contribution is -1.89. The molecule has 1 aliphatic heterocycles. The van der Waals surface area contributed by atoms with Crippen molar-refractivity contribution in [1.29, 1.82) is 0 Å². The molecule has 0 aromatic carbocycles. The Balaban J connectivity index is 0.000000261. The van der Waals surface area contributed by atoms with E-state index in [9.17, 15) is 4.57 Å². The first kappa shape index (κ1) is 12.3. The molecule has 7 nitrogen and oxygen atoms in total. The predicted octanol–water partition coefficient (Wildman–Crippen LogP) is -0.730. The molecule has 74 valence electrons. The molecule has 0 bridgehead atoms. The minimum atomic E-state index is -3.90. The fraction of sp³-hybridized carbons (Fsp3) is 1.00. The van der Waals surface area contributed by atoms with Gasteiger partial charge in [0.1, 0.15) is 0 Å². The second-order valence-corrected chi connectivity index (χ2v) is 4.36. The lowest BCUT2D eigenvalue weighted by molar-refractivity contribution is 0.333. The number of ether oxygens (including phenoxy) is 1. The SMILES string of the molecule is C[C@@H]1O[C@@H]1P(=O)(O)O.O=[PH](O)O. The third-order valence-electron chi connectivity index (χ3n) is 1.01. The predicted molar refractivity (Wildman–Crippen MR) is 39.8 cm³/mol. The van der Waals surface area contributed by atoms with Crippen molar-refractivity contribution in [3.8, 4) is 0 Å². The van der Waals surface area contributed by atoms with Crippen molar-refractivity contribution in [2.45, 2.75) is 18.9 Å². The average Bonchev–Trinajstić information content (AvgIpc) is 2.41. The quantitative estimate of drug-likeness (QED) is 0.338. The van der Waals surface area contributed by atoms with E-state index in [1.165, 1.54) is 0 Å². The minimum Gasteiger partial charge on any atom is -0.356 e. The van der Waals surface area contributed by atoms with E-state index >= 15 is 0 Å². The normalized spacial score (nSPS) is 27.8. The van der Waals surface area contributed by atoms with Crippen LogP contribution in [-0.4, -0.2) is 31.5 Å². The largest absolute Gasteiger partial charge is 0.356 e. The van der Waals surface area contributed by atoms with E-state index in [2.05, 4.69) is 4.74 Å². The summed E-state index contributed by atoms with van der Waals surface area (Å²) in [6.45, 7) is 1.63. The van der Waals surface area contributed by atoms with Gasteiger partial charge in [0.2, 0.25) is 0 Å². The lowest BCUT2D eigenvalue weighted by Gasteiger charge is -1.93. The van der Waals surface area contributed by atoms with Crippen LogP contribution in [0.3, 0.4) is 0 Å². The molecule has 1 heterocycles. The zero-order valence-electron chi connectivity index (χ0n) is 6.12. The maximum Gasteiger partial charge on any atom is 0.356 e. The molecule has 1 fully saturated rings. The van der Waals surface area contributed by atoms with Crippen LogP contribution in [0.4, 0.5) is 0 Å². The van der Waals surface area contributed by atoms with E-state index in [1.807, 2.05) is 0 Å². The van der Waals surface area contributed by atoms with Crippen LogP contribution >= 0.6 is 15.9 Å². The first-order valence-corrected chi connectivity index (χ1v) is 5.86. The van der Waals surface area contributed by atoms with Gasteiger partial charge < -0.3 is 24.3 Å². The Morgan fingerprint density at radius 1 is 1.42 bits per heavy atom. The Hall–Kier alpha value is 0.260. The standard InChI is InChI=1S/C3H7O4P.H3O3P/c1-2-3(7-2)8(4,5)6;1-4(2)3/h2-3H,1H3,(H2,4,5,6);4H,(H2,1,2,3)/t2-,3+;/m0./s1. The Bertz CT molecular complexity index is 205. The van der Waals surface area contributed by atoms with E-state index < -0.39 is 21.7 Å². The molecule has 0 spiro atoms. The number of rotatable bonds is 1. The minimum absolute atomic E-state index is 0.254. The van der Waals surface area contributed by atoms with E-state index in [1.54, 1.807) is 6.92 Å². The second-order valence-electron chi connectivity index (χ2n) is 2.10. The third-order valence-corrected chi connectivity index (χ3v) is 2.22. The van der Waals surface area contributed by atoms with Gasteiger partial charge >= 0.3 is 15.9 Å². The van der Waals surface area contributed by atoms with Crippen molar-refractivity contribution in [2.75, 3.05) is 0 Å². The Morgan fingerprint density at radius 3 is 1.67 bits per heavy atom. The van der Waals surface area contributed by atoms with Crippen LogP contribution in [0.1, 0.15) is 6.92 Å². The fourth-order valence-corrected chi connectivity index (χ4v) is 1.42. The molecule has 1 aliphatic rings. The summed E-state index contributed by atoms with van der Waals surface area (Å²) in [6.07, 6.45) is -0.254. The Morgan fingerprint density at radius 2 is 1.67 bits per heavy atom. The molecule has 12 heavy (non-hydrogen) atoms. The lowest BCUT2D eigenvalue weighted by atomic mass is 10.6. The van der Waals surface area contributed by atoms with Crippen LogP contribution in [0.15, 0.2) is 0 Å². The van der Waals surface area contributed by atoms with Crippen molar-refractivity contribution in [1.82, 2.24) is 0 Å². The maximum absolute atomic E-state index is 10.2. The number of epoxide rings is 1. The molecule has 0 aromatic rings. The molecule has 4 N–H and O–H groups in total. The highest BCUT2D eigenvalue weighted by molar-refractivity contribution is 7.52. The van der Waals surface area contributed by atoms with Crippen molar-refractivity contribution >= 4 is 15.9 Å². The van der Waals surface area contributed by atoms with E-state index in [4.69, 9.17) is 24.1 Å². The molecule has 0 unspecified atom stereocenters. The number of hydrogen-bond acceptors (Lipinski definition) is 3. The zero-order chi connectivity index (χ0) is 9.94. The van der Waals surface area contributed by atoms with Gasteiger partial charge in [-0.25, -0.2) is 0 Å². The highest BCUT2D eigenvalue weighted by Crippen LogP contribution is 2.52.